The zero-order chi connectivity index (χ0) is 11.3. The molecule has 0 saturated heterocycles. The smallest absolute Gasteiger partial charge is 0.316 e. The fourth-order valence-electron chi connectivity index (χ4n) is 1.31. The molecule has 0 heterocycles. The summed E-state index contributed by atoms with van der Waals surface area (Å²) in [6, 6.07) is 8.08. The molecule has 1 N–H and O–H groups in total. The molecule has 0 aliphatic rings. The Hall–Kier alpha value is -0.960. The van der Waals surface area contributed by atoms with Crippen molar-refractivity contribution in [3.05, 3.63) is 29.8 Å². The van der Waals surface area contributed by atoms with Crippen LogP contribution in [0.15, 0.2) is 29.2 Å². The Morgan fingerprint density at radius 3 is 2.73 bits per heavy atom. The van der Waals surface area contributed by atoms with Crippen molar-refractivity contribution < 1.29 is 9.90 Å². The number of thioether (sulfide) groups is 1. The number of rotatable bonds is 5. The van der Waals surface area contributed by atoms with E-state index in [1.165, 1.54) is 17.3 Å². The van der Waals surface area contributed by atoms with E-state index in [2.05, 4.69) is 19.1 Å². The first-order valence-corrected chi connectivity index (χ1v) is 6.03. The fourth-order valence-corrected chi connectivity index (χ4v) is 2.28. The Kier molecular flexibility index (Phi) is 4.69. The van der Waals surface area contributed by atoms with E-state index in [1.807, 2.05) is 19.1 Å². The van der Waals surface area contributed by atoms with Crippen LogP contribution in [0, 0.1) is 0 Å². The van der Waals surface area contributed by atoms with E-state index in [-0.39, 0.29) is 5.25 Å². The van der Waals surface area contributed by atoms with Crippen LogP contribution in [0.1, 0.15) is 25.8 Å². The Bertz CT molecular complexity index is 336. The molecule has 0 fully saturated rings. The van der Waals surface area contributed by atoms with Crippen molar-refractivity contribution in [2.45, 2.75) is 36.8 Å². The van der Waals surface area contributed by atoms with Gasteiger partial charge in [-0.1, -0.05) is 26.0 Å². The molecule has 0 spiro atoms. The van der Waals surface area contributed by atoms with Gasteiger partial charge in [-0.3, -0.25) is 4.79 Å². The van der Waals surface area contributed by atoms with Crippen LogP contribution in [0.3, 0.4) is 0 Å². The second kappa shape index (κ2) is 5.81. The molecule has 0 radical (unpaired) electrons. The summed E-state index contributed by atoms with van der Waals surface area (Å²) in [5.41, 5.74) is 1.25. The van der Waals surface area contributed by atoms with Gasteiger partial charge in [0.05, 0.1) is 0 Å². The van der Waals surface area contributed by atoms with Gasteiger partial charge in [0.15, 0.2) is 0 Å². The molecular formula is C12H16O2S. The molecule has 0 aliphatic carbocycles. The first-order chi connectivity index (χ1) is 7.17. The number of carboxylic acid groups (broad SMARTS) is 1. The number of aryl methyl sites for hydroxylation is 1. The lowest BCUT2D eigenvalue weighted by atomic mass is 10.2. The molecule has 1 atom stereocenters. The molecule has 0 amide bonds. The van der Waals surface area contributed by atoms with Gasteiger partial charge in [0.1, 0.15) is 5.25 Å². The van der Waals surface area contributed by atoms with E-state index < -0.39 is 5.97 Å². The van der Waals surface area contributed by atoms with Crippen molar-refractivity contribution in [2.75, 3.05) is 0 Å². The first kappa shape index (κ1) is 12.1. The third kappa shape index (κ3) is 3.59. The van der Waals surface area contributed by atoms with Gasteiger partial charge in [0.2, 0.25) is 0 Å². The van der Waals surface area contributed by atoms with Crippen LogP contribution in [-0.4, -0.2) is 16.3 Å². The molecule has 1 aromatic carbocycles. The normalized spacial score (nSPS) is 12.4. The number of carbonyl (C=O) groups is 1. The summed E-state index contributed by atoms with van der Waals surface area (Å²) in [6.07, 6.45) is 1.63. The standard InChI is InChI=1S/C12H16O2S/c1-3-9-6-5-7-10(8-9)15-11(4-2)12(13)14/h5-8,11H,3-4H2,1-2H3,(H,13,14). The van der Waals surface area contributed by atoms with Gasteiger partial charge < -0.3 is 5.11 Å². The zero-order valence-electron chi connectivity index (χ0n) is 9.06. The minimum absolute atomic E-state index is 0.336. The first-order valence-electron chi connectivity index (χ1n) is 5.15. The summed E-state index contributed by atoms with van der Waals surface area (Å²) in [7, 11) is 0. The fraction of sp³-hybridized carbons (Fsp3) is 0.417. The minimum atomic E-state index is -0.732. The highest BCUT2D eigenvalue weighted by atomic mass is 32.2. The number of carboxylic acids is 1. The molecule has 3 heteroatoms. The monoisotopic (exact) mass is 224 g/mol. The van der Waals surface area contributed by atoms with E-state index in [9.17, 15) is 4.79 Å². The van der Waals surface area contributed by atoms with Crippen molar-refractivity contribution >= 4 is 17.7 Å². The number of hydrogen-bond donors (Lipinski definition) is 1. The van der Waals surface area contributed by atoms with Crippen LogP contribution in [0.25, 0.3) is 0 Å². The second-order valence-corrected chi connectivity index (χ2v) is 4.63. The lowest BCUT2D eigenvalue weighted by Crippen LogP contribution is -2.14. The Morgan fingerprint density at radius 1 is 1.47 bits per heavy atom. The van der Waals surface area contributed by atoms with Crippen LogP contribution < -0.4 is 0 Å². The highest BCUT2D eigenvalue weighted by Gasteiger charge is 2.16. The number of benzene rings is 1. The molecule has 0 aromatic heterocycles. The van der Waals surface area contributed by atoms with Gasteiger partial charge in [-0.2, -0.15) is 0 Å². The number of hydrogen-bond acceptors (Lipinski definition) is 2. The molecule has 0 aliphatic heterocycles. The topological polar surface area (TPSA) is 37.3 Å². The molecule has 0 saturated carbocycles. The van der Waals surface area contributed by atoms with E-state index in [0.29, 0.717) is 6.42 Å². The second-order valence-electron chi connectivity index (χ2n) is 3.35. The molecule has 2 nitrogen and oxygen atoms in total. The predicted octanol–water partition coefficient (Wildman–Crippen LogP) is 3.20. The maximum absolute atomic E-state index is 10.9. The summed E-state index contributed by atoms with van der Waals surface area (Å²) in [6.45, 7) is 3.99. The highest BCUT2D eigenvalue weighted by Crippen LogP contribution is 2.26. The van der Waals surface area contributed by atoms with E-state index in [1.54, 1.807) is 0 Å². The van der Waals surface area contributed by atoms with Gasteiger partial charge in [-0.15, -0.1) is 11.8 Å². The van der Waals surface area contributed by atoms with Crippen molar-refractivity contribution in [1.29, 1.82) is 0 Å². The molecule has 0 bridgehead atoms. The summed E-state index contributed by atoms with van der Waals surface area (Å²) in [4.78, 5) is 11.9. The molecule has 82 valence electrons. The third-order valence-corrected chi connectivity index (χ3v) is 3.58. The number of aliphatic carboxylic acids is 1. The highest BCUT2D eigenvalue weighted by molar-refractivity contribution is 8.00. The van der Waals surface area contributed by atoms with Crippen LogP contribution in [-0.2, 0) is 11.2 Å². The van der Waals surface area contributed by atoms with Gasteiger partial charge in [0, 0.05) is 4.90 Å². The summed E-state index contributed by atoms with van der Waals surface area (Å²) < 4.78 is 0. The maximum Gasteiger partial charge on any atom is 0.316 e. The summed E-state index contributed by atoms with van der Waals surface area (Å²) in [5.74, 6) is -0.732. The van der Waals surface area contributed by atoms with Crippen molar-refractivity contribution in [3.63, 3.8) is 0 Å². The average Bonchev–Trinajstić information content (AvgIpc) is 2.25. The van der Waals surface area contributed by atoms with Crippen LogP contribution in [0.5, 0.6) is 0 Å². The van der Waals surface area contributed by atoms with Gasteiger partial charge in [0.25, 0.3) is 0 Å². The van der Waals surface area contributed by atoms with E-state index in [4.69, 9.17) is 5.11 Å². The van der Waals surface area contributed by atoms with Crippen LogP contribution in [0.2, 0.25) is 0 Å². The summed E-state index contributed by atoms with van der Waals surface area (Å²) >= 11 is 1.43. The van der Waals surface area contributed by atoms with Gasteiger partial charge >= 0.3 is 5.97 Å². The van der Waals surface area contributed by atoms with Gasteiger partial charge in [-0.25, -0.2) is 0 Å². The van der Waals surface area contributed by atoms with Crippen LogP contribution in [0.4, 0.5) is 0 Å². The molecule has 15 heavy (non-hydrogen) atoms. The Morgan fingerprint density at radius 2 is 2.20 bits per heavy atom. The Balaban J connectivity index is 2.74. The van der Waals surface area contributed by atoms with Gasteiger partial charge in [-0.05, 0) is 30.5 Å². The van der Waals surface area contributed by atoms with Crippen LogP contribution >= 0.6 is 11.8 Å². The lowest BCUT2D eigenvalue weighted by Gasteiger charge is -2.09. The van der Waals surface area contributed by atoms with E-state index in [0.717, 1.165) is 11.3 Å². The Labute approximate surface area is 94.7 Å². The molecule has 1 unspecified atom stereocenters. The van der Waals surface area contributed by atoms with E-state index >= 15 is 0 Å². The average molecular weight is 224 g/mol. The lowest BCUT2D eigenvalue weighted by molar-refractivity contribution is -0.136. The van der Waals surface area contributed by atoms with Crippen molar-refractivity contribution in [1.82, 2.24) is 0 Å². The molecule has 1 rings (SSSR count). The van der Waals surface area contributed by atoms with Crippen molar-refractivity contribution in [3.8, 4) is 0 Å². The SMILES string of the molecule is CCc1cccc(SC(CC)C(=O)O)c1. The maximum atomic E-state index is 10.9. The predicted molar refractivity (Wildman–Crippen MR) is 63.4 cm³/mol. The molecular weight excluding hydrogens is 208 g/mol. The third-order valence-electron chi connectivity index (χ3n) is 2.23. The largest absolute Gasteiger partial charge is 0.480 e. The van der Waals surface area contributed by atoms with Crippen molar-refractivity contribution in [2.24, 2.45) is 0 Å². The zero-order valence-corrected chi connectivity index (χ0v) is 9.88. The quantitative estimate of drug-likeness (QED) is 0.780. The summed E-state index contributed by atoms with van der Waals surface area (Å²) in [5, 5.41) is 8.60. The molecule has 1 aromatic rings. The minimum Gasteiger partial charge on any atom is -0.480 e.